The quantitative estimate of drug-likeness (QED) is 0.379. The first-order valence-electron chi connectivity index (χ1n) is 12.8. The molecule has 0 fully saturated rings. The molecule has 206 valence electrons. The number of terminal acetylenes is 1. The highest BCUT2D eigenvalue weighted by Crippen LogP contribution is 2.32. The van der Waals surface area contributed by atoms with Crippen molar-refractivity contribution in [2.24, 2.45) is 0 Å². The number of hydrogen-bond donors (Lipinski definition) is 2. The van der Waals surface area contributed by atoms with E-state index in [1.165, 1.54) is 0 Å². The van der Waals surface area contributed by atoms with Crippen molar-refractivity contribution >= 4 is 29.7 Å². The summed E-state index contributed by atoms with van der Waals surface area (Å²) in [5, 5.41) is 5.83. The number of carbonyl (C=O) groups is 3. The number of hydrogen-bond acceptors (Lipinski definition) is 5. The number of carbonyl (C=O) groups excluding carboxylic acids is 3. The van der Waals surface area contributed by atoms with Gasteiger partial charge in [0, 0.05) is 17.1 Å². The van der Waals surface area contributed by atoms with Crippen LogP contribution in [0, 0.1) is 12.3 Å². The summed E-state index contributed by atoms with van der Waals surface area (Å²) in [6.45, 7) is 14.9. The Morgan fingerprint density at radius 2 is 1.70 bits per heavy atom. The molecule has 1 aromatic rings. The van der Waals surface area contributed by atoms with E-state index in [-0.39, 0.29) is 17.9 Å². The number of amides is 3. The summed E-state index contributed by atoms with van der Waals surface area (Å²) < 4.78 is 5.44. The number of nitrogens with zero attached hydrogens (tertiary/aromatic N) is 1. The van der Waals surface area contributed by atoms with Gasteiger partial charge in [-0.05, 0) is 84.9 Å². The van der Waals surface area contributed by atoms with E-state index >= 15 is 0 Å². The molecule has 3 atom stereocenters. The van der Waals surface area contributed by atoms with Gasteiger partial charge in [0.15, 0.2) is 0 Å². The largest absolute Gasteiger partial charge is 0.444 e. The number of thioether (sulfide) groups is 1. The van der Waals surface area contributed by atoms with Crippen LogP contribution in [0.25, 0.3) is 0 Å². The zero-order chi connectivity index (χ0) is 28.4. The van der Waals surface area contributed by atoms with Gasteiger partial charge in [-0.1, -0.05) is 37.5 Å². The summed E-state index contributed by atoms with van der Waals surface area (Å²) in [5.74, 6) is 2.61. The van der Waals surface area contributed by atoms with Gasteiger partial charge in [0.25, 0.3) is 0 Å². The summed E-state index contributed by atoms with van der Waals surface area (Å²) in [7, 11) is 0. The molecule has 3 amide bonds. The molecule has 0 saturated carbocycles. The molecule has 0 radical (unpaired) electrons. The molecule has 0 bridgehead atoms. The first kappa shape index (κ1) is 32.4. The van der Waals surface area contributed by atoms with Crippen LogP contribution in [0.1, 0.15) is 91.8 Å². The highest BCUT2D eigenvalue weighted by molar-refractivity contribution is 7.98. The molecular weight excluding hydrogens is 486 g/mol. The van der Waals surface area contributed by atoms with Crippen molar-refractivity contribution in [3.8, 4) is 12.3 Å². The number of ether oxygens (including phenoxy) is 1. The summed E-state index contributed by atoms with van der Waals surface area (Å²) in [6, 6.07) is 5.21. The lowest BCUT2D eigenvalue weighted by Crippen LogP contribution is -2.59. The molecule has 0 heterocycles. The van der Waals surface area contributed by atoms with Crippen molar-refractivity contribution in [3.63, 3.8) is 0 Å². The molecule has 0 aliphatic carbocycles. The first-order chi connectivity index (χ1) is 17.2. The van der Waals surface area contributed by atoms with Gasteiger partial charge in [0.05, 0.1) is 0 Å². The number of nitrogens with one attached hydrogen (secondary N) is 2. The van der Waals surface area contributed by atoms with E-state index in [4.69, 9.17) is 11.2 Å². The molecule has 0 spiro atoms. The number of rotatable bonds is 11. The minimum absolute atomic E-state index is 0.0814. The summed E-state index contributed by atoms with van der Waals surface area (Å²) in [6.07, 6.45) is 9.16. The van der Waals surface area contributed by atoms with Crippen LogP contribution in [0.3, 0.4) is 0 Å². The second-order valence-electron chi connectivity index (χ2n) is 11.2. The van der Waals surface area contributed by atoms with Crippen LogP contribution in [0.4, 0.5) is 4.79 Å². The molecule has 7 nitrogen and oxygen atoms in total. The van der Waals surface area contributed by atoms with Gasteiger partial charge in [-0.15, -0.1) is 6.42 Å². The van der Waals surface area contributed by atoms with Crippen molar-refractivity contribution < 1.29 is 19.1 Å². The Hall–Kier alpha value is -2.66. The molecule has 0 aromatic heterocycles. The standard InChI is InChI=1S/C29H45N3O4S/c1-11-15-20(3)30-25(33)24(22-17-14-13-16-21(22)12-2)32(28(4,5)6)26(34)23(18-19-37-10)31-27(35)36-29(7,8)9/h2,13-14,16-17,20,23-24H,11,15,18-19H2,1,3-10H3,(H,30,33)(H,31,35). The molecule has 8 heteroatoms. The molecule has 37 heavy (non-hydrogen) atoms. The van der Waals surface area contributed by atoms with E-state index < -0.39 is 29.3 Å². The zero-order valence-electron chi connectivity index (χ0n) is 23.9. The van der Waals surface area contributed by atoms with Crippen LogP contribution in [0.2, 0.25) is 0 Å². The fourth-order valence-corrected chi connectivity index (χ4v) is 4.52. The Kier molecular flexibility index (Phi) is 12.5. The summed E-state index contributed by atoms with van der Waals surface area (Å²) in [4.78, 5) is 42.3. The molecule has 0 aliphatic heterocycles. The van der Waals surface area contributed by atoms with Gasteiger partial charge in [-0.3, -0.25) is 9.59 Å². The van der Waals surface area contributed by atoms with E-state index in [9.17, 15) is 14.4 Å². The third kappa shape index (κ3) is 10.3. The van der Waals surface area contributed by atoms with Gasteiger partial charge in [-0.25, -0.2) is 4.79 Å². The smallest absolute Gasteiger partial charge is 0.408 e. The first-order valence-corrected chi connectivity index (χ1v) is 14.2. The van der Waals surface area contributed by atoms with Gasteiger partial charge in [0.1, 0.15) is 17.7 Å². The Morgan fingerprint density at radius 1 is 1.08 bits per heavy atom. The van der Waals surface area contributed by atoms with Crippen molar-refractivity contribution in [1.29, 1.82) is 0 Å². The third-order valence-electron chi connectivity index (χ3n) is 5.59. The number of benzene rings is 1. The van der Waals surface area contributed by atoms with Gasteiger partial charge in [0.2, 0.25) is 11.8 Å². The minimum Gasteiger partial charge on any atom is -0.444 e. The maximum absolute atomic E-state index is 14.2. The molecule has 1 rings (SSSR count). The highest BCUT2D eigenvalue weighted by atomic mass is 32.2. The Morgan fingerprint density at radius 3 is 2.22 bits per heavy atom. The Labute approximate surface area is 227 Å². The maximum atomic E-state index is 14.2. The fourth-order valence-electron chi connectivity index (χ4n) is 4.05. The minimum atomic E-state index is -0.990. The lowest BCUT2D eigenvalue weighted by atomic mass is 9.92. The monoisotopic (exact) mass is 531 g/mol. The lowest BCUT2D eigenvalue weighted by Gasteiger charge is -2.43. The van der Waals surface area contributed by atoms with E-state index in [1.807, 2.05) is 40.0 Å². The molecule has 0 aliphatic rings. The van der Waals surface area contributed by atoms with Crippen molar-refractivity contribution in [3.05, 3.63) is 35.4 Å². The number of alkyl carbamates (subject to hydrolysis) is 1. The molecule has 1 aromatic carbocycles. The normalized spacial score (nSPS) is 14.1. The van der Waals surface area contributed by atoms with Gasteiger partial charge < -0.3 is 20.3 Å². The second kappa shape index (κ2) is 14.3. The fraction of sp³-hybridized carbons (Fsp3) is 0.621. The van der Waals surface area contributed by atoms with Crippen LogP contribution in [-0.4, -0.2) is 58.0 Å². The van der Waals surface area contributed by atoms with Crippen LogP contribution in [0.5, 0.6) is 0 Å². The SMILES string of the molecule is C#Cc1ccccc1C(C(=O)NC(C)CCC)N(C(=O)C(CCSC)NC(=O)OC(C)(C)C)C(C)(C)C. The third-order valence-corrected chi connectivity index (χ3v) is 6.23. The highest BCUT2D eigenvalue weighted by Gasteiger charge is 2.42. The predicted octanol–water partition coefficient (Wildman–Crippen LogP) is 5.29. The summed E-state index contributed by atoms with van der Waals surface area (Å²) >= 11 is 1.57. The molecular formula is C29H45N3O4S. The zero-order valence-corrected chi connectivity index (χ0v) is 24.8. The van der Waals surface area contributed by atoms with Crippen LogP contribution < -0.4 is 10.6 Å². The van der Waals surface area contributed by atoms with E-state index in [1.54, 1.807) is 55.6 Å². The van der Waals surface area contributed by atoms with Crippen LogP contribution >= 0.6 is 11.8 Å². The average Bonchev–Trinajstić information content (AvgIpc) is 2.77. The second-order valence-corrected chi connectivity index (χ2v) is 12.2. The van der Waals surface area contributed by atoms with Crippen molar-refractivity contribution in [1.82, 2.24) is 15.5 Å². The van der Waals surface area contributed by atoms with E-state index in [0.29, 0.717) is 23.3 Å². The van der Waals surface area contributed by atoms with E-state index in [0.717, 1.165) is 12.8 Å². The van der Waals surface area contributed by atoms with Crippen molar-refractivity contribution in [2.75, 3.05) is 12.0 Å². The summed E-state index contributed by atoms with van der Waals surface area (Å²) in [5.41, 5.74) is -0.393. The van der Waals surface area contributed by atoms with Crippen LogP contribution in [0.15, 0.2) is 24.3 Å². The predicted molar refractivity (Wildman–Crippen MR) is 152 cm³/mol. The van der Waals surface area contributed by atoms with E-state index in [2.05, 4.69) is 23.5 Å². The average molecular weight is 532 g/mol. The lowest BCUT2D eigenvalue weighted by molar-refractivity contribution is -0.148. The molecule has 0 saturated heterocycles. The van der Waals surface area contributed by atoms with Crippen molar-refractivity contribution in [2.45, 2.75) is 104 Å². The molecule has 2 N–H and O–H groups in total. The maximum Gasteiger partial charge on any atom is 0.408 e. The molecule has 3 unspecified atom stereocenters. The van der Waals surface area contributed by atoms with Crippen LogP contribution in [-0.2, 0) is 14.3 Å². The van der Waals surface area contributed by atoms with Gasteiger partial charge in [-0.2, -0.15) is 11.8 Å². The Balaban J connectivity index is 3.63. The Bertz CT molecular complexity index is 959. The van der Waals surface area contributed by atoms with Gasteiger partial charge >= 0.3 is 6.09 Å². The topological polar surface area (TPSA) is 87.7 Å².